The van der Waals surface area contributed by atoms with Crippen LogP contribution in [0.4, 0.5) is 15.4 Å². The molecule has 3 aliphatic heterocycles. The van der Waals surface area contributed by atoms with Gasteiger partial charge in [0.25, 0.3) is 0 Å². The third-order valence-electron chi connectivity index (χ3n) is 14.8. The van der Waals surface area contributed by atoms with E-state index in [4.69, 9.17) is 0 Å². The van der Waals surface area contributed by atoms with Crippen LogP contribution < -0.4 is 16.0 Å². The molecule has 3 fully saturated rings. The quantitative estimate of drug-likeness (QED) is 0.105. The Morgan fingerprint density at radius 2 is 0.756 bits per heavy atom. The minimum Gasteiger partial charge on any atom is -0.349 e. The SMILES string of the molecule is CC(=O)Nc1ncc(CN2CCCC(c3cnc4ccn(C)c4c3)C2)s1.CC(=O)Nc1ncc(CN2CCC[C@@H](c3cnc4ccn(C)c4c3)C2)s1.CC(=O)Nc1ncc(CN2CCC[C@H](c3cnc4ccn(C)c4c3)C2)s1. The molecule has 408 valence electrons. The van der Waals surface area contributed by atoms with Gasteiger partial charge in [-0.25, -0.2) is 15.0 Å². The fraction of sp³-hybridized carbons (Fsp3) is 0.421. The number of hydrogen-bond donors (Lipinski definition) is 3. The molecule has 9 aromatic rings. The molecule has 78 heavy (non-hydrogen) atoms. The van der Waals surface area contributed by atoms with Crippen LogP contribution in [-0.4, -0.2) is 115 Å². The van der Waals surface area contributed by atoms with Crippen LogP contribution in [0, 0.1) is 0 Å². The minimum absolute atomic E-state index is 0.0764. The number of hydrogen-bond acceptors (Lipinski definition) is 15. The first-order chi connectivity index (χ1) is 37.7. The van der Waals surface area contributed by atoms with Gasteiger partial charge in [-0.15, -0.1) is 34.0 Å². The van der Waals surface area contributed by atoms with Gasteiger partial charge in [0.2, 0.25) is 17.7 Å². The van der Waals surface area contributed by atoms with Gasteiger partial charge in [0.1, 0.15) is 0 Å². The molecule has 0 aliphatic carbocycles. The zero-order valence-corrected chi connectivity index (χ0v) is 47.8. The molecule has 3 amide bonds. The predicted molar refractivity (Wildman–Crippen MR) is 313 cm³/mol. The van der Waals surface area contributed by atoms with Gasteiger partial charge < -0.3 is 29.7 Å². The molecule has 12 heterocycles. The van der Waals surface area contributed by atoms with Crippen molar-refractivity contribution in [3.63, 3.8) is 0 Å². The molecule has 9 aromatic heterocycles. The number of thiazole rings is 3. The maximum Gasteiger partial charge on any atom is 0.223 e. The van der Waals surface area contributed by atoms with Crippen molar-refractivity contribution >= 4 is 100 Å². The Bertz CT molecular complexity index is 3160. The van der Waals surface area contributed by atoms with Gasteiger partial charge in [-0.2, -0.15) is 0 Å². The van der Waals surface area contributed by atoms with Crippen molar-refractivity contribution in [3.8, 4) is 0 Å². The van der Waals surface area contributed by atoms with E-state index >= 15 is 0 Å². The number of aromatic nitrogens is 9. The molecular weight excluding hydrogens is 1040 g/mol. The van der Waals surface area contributed by atoms with Crippen LogP contribution >= 0.6 is 34.0 Å². The summed E-state index contributed by atoms with van der Waals surface area (Å²) in [6.07, 6.45) is 25.1. The second-order valence-corrected chi connectivity index (χ2v) is 24.3. The van der Waals surface area contributed by atoms with Crippen molar-refractivity contribution in [1.29, 1.82) is 0 Å². The molecule has 3 aliphatic rings. The molecule has 0 bridgehead atoms. The number of amides is 3. The maximum atomic E-state index is 11.1. The van der Waals surface area contributed by atoms with Gasteiger partial charge in [0.15, 0.2) is 15.4 Å². The highest BCUT2D eigenvalue weighted by Crippen LogP contribution is 2.34. The van der Waals surface area contributed by atoms with Gasteiger partial charge in [0, 0.05) is 152 Å². The van der Waals surface area contributed by atoms with Gasteiger partial charge >= 0.3 is 0 Å². The first-order valence-corrected chi connectivity index (χ1v) is 29.3. The lowest BCUT2D eigenvalue weighted by molar-refractivity contribution is -0.115. The van der Waals surface area contributed by atoms with E-state index in [2.05, 4.69) is 150 Å². The topological polar surface area (TPSA) is 189 Å². The summed E-state index contributed by atoms with van der Waals surface area (Å²) >= 11 is 4.67. The number of rotatable bonds is 12. The number of pyridine rings is 3. The highest BCUT2D eigenvalue weighted by Gasteiger charge is 2.26. The van der Waals surface area contributed by atoms with E-state index in [1.165, 1.54) is 107 Å². The Labute approximate surface area is 467 Å². The summed E-state index contributed by atoms with van der Waals surface area (Å²) in [5.41, 5.74) is 10.7. The maximum absolute atomic E-state index is 11.1. The molecule has 3 atom stereocenters. The second-order valence-electron chi connectivity index (χ2n) is 21.0. The summed E-state index contributed by atoms with van der Waals surface area (Å²) in [4.78, 5) is 71.2. The van der Waals surface area contributed by atoms with Gasteiger partial charge in [-0.1, -0.05) is 0 Å². The number of aryl methyl sites for hydroxylation is 3. The van der Waals surface area contributed by atoms with Crippen LogP contribution in [0.2, 0.25) is 0 Å². The number of nitrogens with zero attached hydrogens (tertiary/aromatic N) is 12. The van der Waals surface area contributed by atoms with Crippen LogP contribution in [-0.2, 0) is 55.2 Å². The first kappa shape index (κ1) is 54.6. The summed E-state index contributed by atoms with van der Waals surface area (Å²) in [6.45, 7) is 13.6. The fourth-order valence-corrected chi connectivity index (χ4v) is 13.7. The zero-order chi connectivity index (χ0) is 54.3. The Hall–Kier alpha value is -6.75. The second kappa shape index (κ2) is 24.9. The van der Waals surface area contributed by atoms with Crippen molar-refractivity contribution < 1.29 is 14.4 Å². The van der Waals surface area contributed by atoms with Crippen molar-refractivity contribution in [2.75, 3.05) is 55.2 Å². The summed E-state index contributed by atoms with van der Waals surface area (Å²) < 4.78 is 6.40. The van der Waals surface area contributed by atoms with Crippen molar-refractivity contribution in [2.45, 2.75) is 96.7 Å². The number of nitrogens with one attached hydrogen (secondary N) is 3. The molecule has 1 unspecified atom stereocenters. The average molecular weight is 1110 g/mol. The summed E-state index contributed by atoms with van der Waals surface area (Å²) in [5, 5.41) is 10.3. The van der Waals surface area contributed by atoms with E-state index in [0.717, 1.165) is 75.5 Å². The predicted octanol–water partition coefficient (Wildman–Crippen LogP) is 10.1. The van der Waals surface area contributed by atoms with E-state index in [1.807, 2.05) is 37.2 Å². The van der Waals surface area contributed by atoms with Crippen LogP contribution in [0.25, 0.3) is 33.1 Å². The fourth-order valence-electron chi connectivity index (χ4n) is 11.0. The molecule has 3 saturated heterocycles. The molecule has 12 rings (SSSR count). The lowest BCUT2D eigenvalue weighted by atomic mass is 9.91. The Balaban J connectivity index is 0.000000132. The third-order valence-corrected chi connectivity index (χ3v) is 17.5. The monoisotopic (exact) mass is 1110 g/mol. The minimum atomic E-state index is -0.0764. The molecule has 0 radical (unpaired) electrons. The molecule has 0 spiro atoms. The zero-order valence-electron chi connectivity index (χ0n) is 45.3. The smallest absolute Gasteiger partial charge is 0.223 e. The number of carbonyl (C=O) groups excluding carboxylic acids is 3. The Morgan fingerprint density at radius 3 is 1.04 bits per heavy atom. The van der Waals surface area contributed by atoms with E-state index in [1.54, 1.807) is 34.0 Å². The molecule has 3 N–H and O–H groups in total. The van der Waals surface area contributed by atoms with E-state index < -0.39 is 0 Å². The van der Waals surface area contributed by atoms with Gasteiger partial charge in [0.05, 0.1) is 33.1 Å². The largest absolute Gasteiger partial charge is 0.349 e. The Morgan fingerprint density at radius 1 is 0.462 bits per heavy atom. The van der Waals surface area contributed by atoms with Crippen LogP contribution in [0.1, 0.15) is 108 Å². The first-order valence-electron chi connectivity index (χ1n) is 26.8. The van der Waals surface area contributed by atoms with Crippen LogP contribution in [0.5, 0.6) is 0 Å². The van der Waals surface area contributed by atoms with Gasteiger partial charge in [-0.05, 0) is 129 Å². The van der Waals surface area contributed by atoms with Crippen LogP contribution in [0.3, 0.4) is 0 Å². The van der Waals surface area contributed by atoms with Crippen molar-refractivity contribution in [1.82, 2.24) is 58.3 Å². The lowest BCUT2D eigenvalue weighted by Gasteiger charge is -2.32. The van der Waals surface area contributed by atoms with Crippen molar-refractivity contribution in [2.24, 2.45) is 21.1 Å². The molecule has 0 saturated carbocycles. The molecule has 18 nitrogen and oxygen atoms in total. The molecule has 21 heteroatoms. The average Bonchev–Trinajstić information content (AvgIpc) is 4.36. The number of likely N-dealkylation sites (tertiary alicyclic amines) is 3. The normalized spacial score (nSPS) is 18.3. The highest BCUT2D eigenvalue weighted by molar-refractivity contribution is 7.16. The highest BCUT2D eigenvalue weighted by atomic mass is 32.1. The van der Waals surface area contributed by atoms with Gasteiger partial charge in [-0.3, -0.25) is 44.0 Å². The number of carbonyl (C=O) groups is 3. The summed E-state index contributed by atoms with van der Waals surface area (Å²) in [6, 6.07) is 13.0. The van der Waals surface area contributed by atoms with E-state index in [-0.39, 0.29) is 17.7 Å². The van der Waals surface area contributed by atoms with Crippen LogP contribution in [0.15, 0.2) is 92.2 Å². The van der Waals surface area contributed by atoms with Crippen molar-refractivity contribution in [3.05, 3.63) is 123 Å². The summed E-state index contributed by atoms with van der Waals surface area (Å²) in [5.74, 6) is 1.31. The lowest BCUT2D eigenvalue weighted by Crippen LogP contribution is -2.33. The summed E-state index contributed by atoms with van der Waals surface area (Å²) in [7, 11) is 6.20. The third kappa shape index (κ3) is 13.9. The standard InChI is InChI=1S/3C19H23N5OS/c3*1-13(25)22-19-21-10-16(26-19)12-24-6-3-4-14(11-24)15-8-18-17(20-9-15)5-7-23(18)2/h3*5,7-10,14H,3-4,6,11-12H2,1-2H3,(H,21,22,25)/t2*14-;/m10./s1. The Kier molecular flexibility index (Phi) is 17.4. The van der Waals surface area contributed by atoms with E-state index in [9.17, 15) is 14.4 Å². The number of piperidine rings is 3. The molecular formula is C57H69N15O3S3. The van der Waals surface area contributed by atoms with E-state index in [0.29, 0.717) is 33.1 Å². The number of fused-ring (bicyclic) bond motifs is 3. The molecule has 0 aromatic carbocycles. The number of anilines is 3.